The first-order chi connectivity index (χ1) is 6.27. The Morgan fingerprint density at radius 3 is 2.62 bits per heavy atom. The molecule has 1 aliphatic carbocycles. The fourth-order valence-electron chi connectivity index (χ4n) is 1.90. The monoisotopic (exact) mass is 184 g/mol. The lowest BCUT2D eigenvalue weighted by Crippen LogP contribution is -2.40. The smallest absolute Gasteiger partial charge is 0.0217 e. The van der Waals surface area contributed by atoms with Crippen LogP contribution in [0.1, 0.15) is 32.6 Å². The highest BCUT2D eigenvalue weighted by molar-refractivity contribution is 4.80. The Morgan fingerprint density at radius 2 is 2.15 bits per heavy atom. The van der Waals surface area contributed by atoms with Crippen molar-refractivity contribution in [1.29, 1.82) is 0 Å². The Labute approximate surface area is 82.7 Å². The Morgan fingerprint density at radius 1 is 1.46 bits per heavy atom. The van der Waals surface area contributed by atoms with Crippen LogP contribution < -0.4 is 5.32 Å². The molecule has 2 heteroatoms. The van der Waals surface area contributed by atoms with Gasteiger partial charge in [-0.3, -0.25) is 0 Å². The molecular formula is C11H24N2. The molecule has 0 heterocycles. The summed E-state index contributed by atoms with van der Waals surface area (Å²) in [6.45, 7) is 4.72. The number of hydrogen-bond acceptors (Lipinski definition) is 2. The molecule has 0 aromatic heterocycles. The Kier molecular flexibility index (Phi) is 4.74. The molecule has 13 heavy (non-hydrogen) atoms. The van der Waals surface area contributed by atoms with E-state index in [1.807, 2.05) is 7.05 Å². The molecule has 1 fully saturated rings. The van der Waals surface area contributed by atoms with E-state index < -0.39 is 0 Å². The van der Waals surface area contributed by atoms with Gasteiger partial charge in [-0.2, -0.15) is 0 Å². The highest BCUT2D eigenvalue weighted by Gasteiger charge is 2.25. The van der Waals surface area contributed by atoms with Crippen molar-refractivity contribution in [2.24, 2.45) is 5.92 Å². The number of likely N-dealkylation sites (N-methyl/N-ethyl adjacent to an activating group) is 2. The number of rotatable bonds is 7. The minimum absolute atomic E-state index is 0.746. The average Bonchev–Trinajstić information content (AvgIpc) is 2.88. The highest BCUT2D eigenvalue weighted by Crippen LogP contribution is 2.30. The van der Waals surface area contributed by atoms with Crippen LogP contribution in [0.3, 0.4) is 0 Å². The molecule has 1 saturated carbocycles. The second-order valence-electron chi connectivity index (χ2n) is 4.38. The van der Waals surface area contributed by atoms with Crippen molar-refractivity contribution in [3.63, 3.8) is 0 Å². The van der Waals surface area contributed by atoms with Crippen LogP contribution in [0, 0.1) is 5.92 Å². The normalized spacial score (nSPS) is 19.4. The van der Waals surface area contributed by atoms with Crippen LogP contribution in [0.2, 0.25) is 0 Å². The standard InChI is InChI=1S/C11H24N2/c1-4-5-11(8-12-2)13(3)9-10-6-7-10/h10-12H,4-9H2,1-3H3. The van der Waals surface area contributed by atoms with Gasteiger partial charge < -0.3 is 10.2 Å². The molecule has 0 radical (unpaired) electrons. The number of nitrogens with zero attached hydrogens (tertiary/aromatic N) is 1. The Balaban J connectivity index is 2.22. The summed E-state index contributed by atoms with van der Waals surface area (Å²) in [5.74, 6) is 1.02. The molecule has 1 aliphatic rings. The van der Waals surface area contributed by atoms with Gasteiger partial charge in [-0.25, -0.2) is 0 Å². The van der Waals surface area contributed by atoms with Crippen LogP contribution in [0.15, 0.2) is 0 Å². The van der Waals surface area contributed by atoms with Crippen molar-refractivity contribution < 1.29 is 0 Å². The van der Waals surface area contributed by atoms with Crippen LogP contribution in [0.4, 0.5) is 0 Å². The third-order valence-electron chi connectivity index (χ3n) is 2.93. The minimum atomic E-state index is 0.746. The second-order valence-corrected chi connectivity index (χ2v) is 4.38. The molecule has 0 bridgehead atoms. The first kappa shape index (κ1) is 11.0. The molecule has 0 saturated heterocycles. The largest absolute Gasteiger partial charge is 0.318 e. The van der Waals surface area contributed by atoms with Crippen molar-refractivity contribution in [1.82, 2.24) is 10.2 Å². The van der Waals surface area contributed by atoms with Crippen molar-refractivity contribution >= 4 is 0 Å². The summed E-state index contributed by atoms with van der Waals surface area (Å²) < 4.78 is 0. The summed E-state index contributed by atoms with van der Waals surface area (Å²) in [4.78, 5) is 2.54. The number of nitrogens with one attached hydrogen (secondary N) is 1. The van der Waals surface area contributed by atoms with Crippen LogP contribution in [-0.2, 0) is 0 Å². The fourth-order valence-corrected chi connectivity index (χ4v) is 1.90. The predicted octanol–water partition coefficient (Wildman–Crippen LogP) is 1.72. The lowest BCUT2D eigenvalue weighted by Gasteiger charge is -2.27. The van der Waals surface area contributed by atoms with Gasteiger partial charge in [0.1, 0.15) is 0 Å². The highest BCUT2D eigenvalue weighted by atomic mass is 15.1. The first-order valence-electron chi connectivity index (χ1n) is 5.62. The molecule has 1 N–H and O–H groups in total. The molecule has 78 valence electrons. The molecule has 0 aliphatic heterocycles. The van der Waals surface area contributed by atoms with Crippen LogP contribution in [-0.4, -0.2) is 38.1 Å². The predicted molar refractivity (Wildman–Crippen MR) is 58.0 cm³/mol. The van der Waals surface area contributed by atoms with E-state index in [1.165, 1.54) is 32.2 Å². The maximum atomic E-state index is 3.29. The minimum Gasteiger partial charge on any atom is -0.318 e. The third kappa shape index (κ3) is 4.10. The topological polar surface area (TPSA) is 15.3 Å². The molecule has 1 rings (SSSR count). The molecule has 0 spiro atoms. The van der Waals surface area contributed by atoms with Gasteiger partial charge in [0.2, 0.25) is 0 Å². The zero-order chi connectivity index (χ0) is 9.68. The fraction of sp³-hybridized carbons (Fsp3) is 1.00. The van der Waals surface area contributed by atoms with Gasteiger partial charge in [-0.15, -0.1) is 0 Å². The van der Waals surface area contributed by atoms with E-state index in [2.05, 4.69) is 24.2 Å². The Hall–Kier alpha value is -0.0800. The van der Waals surface area contributed by atoms with Crippen molar-refractivity contribution in [3.8, 4) is 0 Å². The summed E-state index contributed by atoms with van der Waals surface area (Å²) in [6.07, 6.45) is 5.54. The third-order valence-corrected chi connectivity index (χ3v) is 2.93. The molecular weight excluding hydrogens is 160 g/mol. The summed E-state index contributed by atoms with van der Waals surface area (Å²) >= 11 is 0. The molecule has 0 aromatic carbocycles. The number of hydrogen-bond donors (Lipinski definition) is 1. The van der Waals surface area contributed by atoms with Crippen LogP contribution in [0.5, 0.6) is 0 Å². The van der Waals surface area contributed by atoms with Gasteiger partial charge >= 0.3 is 0 Å². The zero-order valence-corrected chi connectivity index (χ0v) is 9.34. The van der Waals surface area contributed by atoms with Crippen molar-refractivity contribution in [2.45, 2.75) is 38.6 Å². The Bertz CT molecular complexity index is 126. The quantitative estimate of drug-likeness (QED) is 0.648. The summed E-state index contributed by atoms with van der Waals surface area (Å²) in [6, 6.07) is 0.746. The van der Waals surface area contributed by atoms with Gasteiger partial charge in [0.05, 0.1) is 0 Å². The van der Waals surface area contributed by atoms with Crippen LogP contribution in [0.25, 0.3) is 0 Å². The van der Waals surface area contributed by atoms with E-state index in [4.69, 9.17) is 0 Å². The summed E-state index contributed by atoms with van der Waals surface area (Å²) in [5.41, 5.74) is 0. The average molecular weight is 184 g/mol. The van der Waals surface area contributed by atoms with Gasteiger partial charge in [0.15, 0.2) is 0 Å². The summed E-state index contributed by atoms with van der Waals surface area (Å²) in [7, 11) is 4.32. The zero-order valence-electron chi connectivity index (χ0n) is 9.34. The van der Waals surface area contributed by atoms with Gasteiger partial charge in [-0.1, -0.05) is 13.3 Å². The van der Waals surface area contributed by atoms with E-state index in [-0.39, 0.29) is 0 Å². The lowest BCUT2D eigenvalue weighted by atomic mass is 10.1. The SMILES string of the molecule is CCCC(CNC)N(C)CC1CC1. The molecule has 1 atom stereocenters. The molecule has 1 unspecified atom stereocenters. The van der Waals surface area contributed by atoms with Gasteiger partial charge in [-0.05, 0) is 39.3 Å². The van der Waals surface area contributed by atoms with Crippen molar-refractivity contribution in [3.05, 3.63) is 0 Å². The van der Waals surface area contributed by atoms with E-state index in [1.54, 1.807) is 0 Å². The van der Waals surface area contributed by atoms with E-state index in [9.17, 15) is 0 Å². The maximum Gasteiger partial charge on any atom is 0.0217 e. The van der Waals surface area contributed by atoms with E-state index in [0.717, 1.165) is 18.5 Å². The van der Waals surface area contributed by atoms with E-state index >= 15 is 0 Å². The van der Waals surface area contributed by atoms with Crippen molar-refractivity contribution in [2.75, 3.05) is 27.2 Å². The van der Waals surface area contributed by atoms with E-state index in [0.29, 0.717) is 0 Å². The lowest BCUT2D eigenvalue weighted by molar-refractivity contribution is 0.217. The maximum absolute atomic E-state index is 3.29. The van der Waals surface area contributed by atoms with Gasteiger partial charge in [0.25, 0.3) is 0 Å². The molecule has 0 amide bonds. The van der Waals surface area contributed by atoms with Gasteiger partial charge in [0, 0.05) is 19.1 Å². The second kappa shape index (κ2) is 5.61. The first-order valence-corrected chi connectivity index (χ1v) is 5.62. The molecule has 0 aromatic rings. The van der Waals surface area contributed by atoms with Crippen LogP contribution >= 0.6 is 0 Å². The summed E-state index contributed by atoms with van der Waals surface area (Å²) in [5, 5.41) is 3.29. The molecule has 2 nitrogen and oxygen atoms in total.